The van der Waals surface area contributed by atoms with E-state index in [0.717, 1.165) is 24.8 Å². The van der Waals surface area contributed by atoms with Crippen LogP contribution in [0.5, 0.6) is 17.2 Å². The van der Waals surface area contributed by atoms with Crippen LogP contribution >= 0.6 is 0 Å². The predicted molar refractivity (Wildman–Crippen MR) is 96.6 cm³/mol. The highest BCUT2D eigenvalue weighted by Crippen LogP contribution is 2.38. The molecule has 0 fully saturated rings. The van der Waals surface area contributed by atoms with Crippen molar-refractivity contribution in [2.75, 3.05) is 27.9 Å². The molecule has 0 bridgehead atoms. The molecule has 1 aliphatic carbocycles. The van der Waals surface area contributed by atoms with Crippen molar-refractivity contribution in [1.82, 2.24) is 0 Å². The minimum atomic E-state index is -0.415. The highest BCUT2D eigenvalue weighted by atomic mass is 16.5. The highest BCUT2D eigenvalue weighted by Gasteiger charge is 2.19. The number of benzene rings is 1. The molecule has 0 saturated heterocycles. The van der Waals surface area contributed by atoms with E-state index in [1.807, 2.05) is 0 Å². The van der Waals surface area contributed by atoms with E-state index in [1.165, 1.54) is 26.9 Å². The molecule has 0 spiro atoms. The van der Waals surface area contributed by atoms with Gasteiger partial charge in [0.2, 0.25) is 5.75 Å². The molecular weight excluding hydrogens is 320 g/mol. The fraction of sp³-hybridized carbons (Fsp3) is 0.450. The summed E-state index contributed by atoms with van der Waals surface area (Å²) in [6.07, 6.45) is 5.11. The fourth-order valence-corrected chi connectivity index (χ4v) is 2.91. The van der Waals surface area contributed by atoms with Gasteiger partial charge in [-0.2, -0.15) is 0 Å². The second-order valence-corrected chi connectivity index (χ2v) is 6.17. The van der Waals surface area contributed by atoms with Gasteiger partial charge in [-0.05, 0) is 49.8 Å². The summed E-state index contributed by atoms with van der Waals surface area (Å²) >= 11 is 0. The standard InChI is InChI=1S/C20H26O5/c1-13(2)15-8-6-14(7-9-15)12-25-20(21)16-10-17(22-3)19(24-5)18(11-16)23-4/h6,10-11,15H,1,7-9,12H2,2-5H3/t15-/m1/s1. The summed E-state index contributed by atoms with van der Waals surface area (Å²) in [4.78, 5) is 12.4. The molecule has 136 valence electrons. The van der Waals surface area contributed by atoms with Crippen molar-refractivity contribution < 1.29 is 23.7 Å². The lowest BCUT2D eigenvalue weighted by molar-refractivity contribution is 0.0534. The van der Waals surface area contributed by atoms with E-state index in [9.17, 15) is 4.79 Å². The summed E-state index contributed by atoms with van der Waals surface area (Å²) < 4.78 is 21.2. The molecule has 5 heteroatoms. The largest absolute Gasteiger partial charge is 0.493 e. The third-order valence-electron chi connectivity index (χ3n) is 4.49. The van der Waals surface area contributed by atoms with Crippen LogP contribution in [0.3, 0.4) is 0 Å². The Hall–Kier alpha value is -2.43. The summed E-state index contributed by atoms with van der Waals surface area (Å²) in [6, 6.07) is 3.19. The number of hydrogen-bond acceptors (Lipinski definition) is 5. The lowest BCUT2D eigenvalue weighted by Gasteiger charge is -2.22. The van der Waals surface area contributed by atoms with E-state index in [-0.39, 0.29) is 0 Å². The number of hydrogen-bond donors (Lipinski definition) is 0. The van der Waals surface area contributed by atoms with Crippen molar-refractivity contribution in [2.24, 2.45) is 5.92 Å². The van der Waals surface area contributed by atoms with Crippen LogP contribution in [-0.4, -0.2) is 33.9 Å². The summed E-state index contributed by atoms with van der Waals surface area (Å²) in [5.74, 6) is 1.42. The molecule has 1 aromatic carbocycles. The van der Waals surface area contributed by atoms with Gasteiger partial charge in [0.05, 0.1) is 26.9 Å². The van der Waals surface area contributed by atoms with Crippen LogP contribution in [0, 0.1) is 5.92 Å². The van der Waals surface area contributed by atoms with E-state index in [2.05, 4.69) is 19.6 Å². The van der Waals surface area contributed by atoms with E-state index < -0.39 is 5.97 Å². The Balaban J connectivity index is 2.05. The Morgan fingerprint density at radius 3 is 2.24 bits per heavy atom. The maximum absolute atomic E-state index is 12.4. The maximum atomic E-state index is 12.4. The molecule has 0 amide bonds. The van der Waals surface area contributed by atoms with Crippen molar-refractivity contribution >= 4 is 5.97 Å². The van der Waals surface area contributed by atoms with Gasteiger partial charge in [-0.25, -0.2) is 4.79 Å². The van der Waals surface area contributed by atoms with Gasteiger partial charge in [0, 0.05) is 0 Å². The molecule has 0 aliphatic heterocycles. The summed E-state index contributed by atoms with van der Waals surface area (Å²) in [5.41, 5.74) is 2.73. The summed E-state index contributed by atoms with van der Waals surface area (Å²) in [5, 5.41) is 0. The first-order valence-corrected chi connectivity index (χ1v) is 8.30. The lowest BCUT2D eigenvalue weighted by Crippen LogP contribution is -2.13. The Morgan fingerprint density at radius 2 is 1.80 bits per heavy atom. The van der Waals surface area contributed by atoms with Gasteiger partial charge >= 0.3 is 5.97 Å². The molecule has 0 heterocycles. The monoisotopic (exact) mass is 346 g/mol. The fourth-order valence-electron chi connectivity index (χ4n) is 2.91. The Kier molecular flexibility index (Phi) is 6.51. The van der Waals surface area contributed by atoms with Crippen LogP contribution in [-0.2, 0) is 4.74 Å². The Labute approximate surface area is 149 Å². The van der Waals surface area contributed by atoms with Gasteiger partial charge < -0.3 is 18.9 Å². The molecule has 0 N–H and O–H groups in total. The number of carbonyl (C=O) groups excluding carboxylic acids is 1. The number of rotatable bonds is 7. The molecule has 0 saturated carbocycles. The number of methoxy groups -OCH3 is 3. The molecular formula is C20H26O5. The third-order valence-corrected chi connectivity index (χ3v) is 4.49. The van der Waals surface area contributed by atoms with E-state index in [4.69, 9.17) is 18.9 Å². The molecule has 1 aromatic rings. The van der Waals surface area contributed by atoms with Crippen molar-refractivity contribution in [3.05, 3.63) is 41.5 Å². The number of ether oxygens (including phenoxy) is 4. The number of allylic oxidation sites excluding steroid dienone is 2. The van der Waals surface area contributed by atoms with Crippen molar-refractivity contribution in [1.29, 1.82) is 0 Å². The van der Waals surface area contributed by atoms with Crippen molar-refractivity contribution in [3.8, 4) is 17.2 Å². The summed E-state index contributed by atoms with van der Waals surface area (Å²) in [6.45, 7) is 6.38. The molecule has 0 radical (unpaired) electrons. The molecule has 1 aliphatic rings. The number of carbonyl (C=O) groups is 1. The van der Waals surface area contributed by atoms with Crippen LogP contribution in [0.2, 0.25) is 0 Å². The lowest BCUT2D eigenvalue weighted by atomic mass is 9.86. The van der Waals surface area contributed by atoms with Crippen LogP contribution in [0.15, 0.2) is 35.9 Å². The van der Waals surface area contributed by atoms with Gasteiger partial charge in [-0.1, -0.05) is 18.2 Å². The van der Waals surface area contributed by atoms with Crippen molar-refractivity contribution in [3.63, 3.8) is 0 Å². The second-order valence-electron chi connectivity index (χ2n) is 6.17. The molecule has 1 atom stereocenters. The molecule has 5 nitrogen and oxygen atoms in total. The van der Waals surface area contributed by atoms with Gasteiger partial charge in [-0.15, -0.1) is 0 Å². The van der Waals surface area contributed by atoms with Gasteiger partial charge in [0.15, 0.2) is 11.5 Å². The Bertz CT molecular complexity index is 650. The maximum Gasteiger partial charge on any atom is 0.338 e. The molecule has 25 heavy (non-hydrogen) atoms. The zero-order chi connectivity index (χ0) is 18.4. The molecule has 0 unspecified atom stereocenters. The second kappa shape index (κ2) is 8.60. The minimum absolute atomic E-state index is 0.304. The number of esters is 1. The van der Waals surface area contributed by atoms with Crippen LogP contribution < -0.4 is 14.2 Å². The zero-order valence-corrected chi connectivity index (χ0v) is 15.4. The first kappa shape index (κ1) is 18.9. The van der Waals surface area contributed by atoms with Gasteiger partial charge in [0.25, 0.3) is 0 Å². The SMILES string of the molecule is C=C(C)[C@@H]1CC=C(COC(=O)c2cc(OC)c(OC)c(OC)c2)CC1. The summed E-state index contributed by atoms with van der Waals surface area (Å²) in [7, 11) is 4.54. The molecule has 2 rings (SSSR count). The van der Waals surface area contributed by atoms with Gasteiger partial charge in [0.1, 0.15) is 6.61 Å². The molecule has 0 aromatic heterocycles. The highest BCUT2D eigenvalue weighted by molar-refractivity contribution is 5.91. The van der Waals surface area contributed by atoms with Crippen molar-refractivity contribution in [2.45, 2.75) is 26.2 Å². The van der Waals surface area contributed by atoms with E-state index >= 15 is 0 Å². The topological polar surface area (TPSA) is 54.0 Å². The Morgan fingerprint density at radius 1 is 1.16 bits per heavy atom. The predicted octanol–water partition coefficient (Wildman–Crippen LogP) is 4.17. The first-order chi connectivity index (χ1) is 12.0. The minimum Gasteiger partial charge on any atom is -0.493 e. The van der Waals surface area contributed by atoms with Gasteiger partial charge in [-0.3, -0.25) is 0 Å². The van der Waals surface area contributed by atoms with Crippen LogP contribution in [0.1, 0.15) is 36.5 Å². The quantitative estimate of drug-likeness (QED) is 0.548. The smallest absolute Gasteiger partial charge is 0.338 e. The average Bonchev–Trinajstić information content (AvgIpc) is 2.64. The zero-order valence-electron chi connectivity index (χ0n) is 15.4. The van der Waals surface area contributed by atoms with Crippen LogP contribution in [0.4, 0.5) is 0 Å². The van der Waals surface area contributed by atoms with Crippen LogP contribution in [0.25, 0.3) is 0 Å². The first-order valence-electron chi connectivity index (χ1n) is 8.30. The van der Waals surface area contributed by atoms with E-state index in [1.54, 1.807) is 12.1 Å². The van der Waals surface area contributed by atoms with E-state index in [0.29, 0.717) is 35.3 Å². The average molecular weight is 346 g/mol. The third kappa shape index (κ3) is 4.56. The normalized spacial score (nSPS) is 16.6.